The zero-order valence-corrected chi connectivity index (χ0v) is 28.9. The van der Waals surface area contributed by atoms with Gasteiger partial charge in [0.15, 0.2) is 29.1 Å². The molecular weight excluding hydrogens is 672 g/mol. The van der Waals surface area contributed by atoms with E-state index < -0.39 is 54.0 Å². The van der Waals surface area contributed by atoms with Gasteiger partial charge in [0.05, 0.1) is 5.56 Å². The first-order valence-electron chi connectivity index (χ1n) is 15.4. The molecule has 15 heteroatoms. The van der Waals surface area contributed by atoms with Gasteiger partial charge in [-0.15, -0.1) is 0 Å². The highest BCUT2D eigenvalue weighted by atomic mass is 16.6. The molecule has 0 amide bonds. The smallest absolute Gasteiger partial charge is 0.338 e. The van der Waals surface area contributed by atoms with Crippen molar-refractivity contribution < 1.29 is 71.5 Å². The van der Waals surface area contributed by atoms with Crippen molar-refractivity contribution >= 4 is 41.8 Å². The minimum absolute atomic E-state index is 0.0766. The van der Waals surface area contributed by atoms with Crippen molar-refractivity contribution in [1.82, 2.24) is 0 Å². The van der Waals surface area contributed by atoms with Crippen molar-refractivity contribution in [2.45, 2.75) is 74.0 Å². The number of carbonyl (C=O) groups is 7. The summed E-state index contributed by atoms with van der Waals surface area (Å²) in [5.41, 5.74) is 1.36. The van der Waals surface area contributed by atoms with Crippen molar-refractivity contribution in [1.29, 1.82) is 0 Å². The van der Waals surface area contributed by atoms with Crippen LogP contribution in [0.3, 0.4) is 0 Å². The summed E-state index contributed by atoms with van der Waals surface area (Å²) in [5, 5.41) is 0. The molecule has 268 valence electrons. The molecule has 0 saturated heterocycles. The van der Waals surface area contributed by atoms with Crippen LogP contribution in [0, 0.1) is 13.8 Å². The Morgan fingerprint density at radius 2 is 1.04 bits per heavy atom. The molecule has 1 aliphatic rings. The van der Waals surface area contributed by atoms with Gasteiger partial charge in [0.25, 0.3) is 0 Å². The van der Waals surface area contributed by atoms with Gasteiger partial charge in [-0.2, -0.15) is 0 Å². The van der Waals surface area contributed by atoms with E-state index in [0.29, 0.717) is 11.1 Å². The van der Waals surface area contributed by atoms with E-state index >= 15 is 0 Å². The second-order valence-corrected chi connectivity index (χ2v) is 11.5. The molecular formula is C36H34O15. The van der Waals surface area contributed by atoms with E-state index in [2.05, 4.69) is 0 Å². The number of hydrogen-bond donors (Lipinski definition) is 0. The number of fused-ring (bicyclic) bond motifs is 1. The average molecular weight is 707 g/mol. The fourth-order valence-electron chi connectivity index (χ4n) is 5.25. The molecule has 51 heavy (non-hydrogen) atoms. The minimum Gasteiger partial charge on any atom is -0.481 e. The third-order valence-electron chi connectivity index (χ3n) is 6.92. The second kappa shape index (κ2) is 15.5. The van der Waals surface area contributed by atoms with Gasteiger partial charge >= 0.3 is 41.8 Å². The van der Waals surface area contributed by atoms with Gasteiger partial charge in [0.2, 0.25) is 5.75 Å². The summed E-state index contributed by atoms with van der Waals surface area (Å²) in [6.45, 7) is 10.1. The van der Waals surface area contributed by atoms with Crippen molar-refractivity contribution in [3.05, 3.63) is 64.2 Å². The van der Waals surface area contributed by atoms with Gasteiger partial charge in [-0.3, -0.25) is 28.8 Å². The van der Waals surface area contributed by atoms with Crippen molar-refractivity contribution in [2.75, 3.05) is 0 Å². The molecule has 1 heterocycles. The van der Waals surface area contributed by atoms with Crippen LogP contribution in [0.1, 0.15) is 80.3 Å². The Bertz CT molecular complexity index is 1920. The first-order valence-corrected chi connectivity index (χ1v) is 15.4. The van der Waals surface area contributed by atoms with Gasteiger partial charge in [-0.1, -0.05) is 0 Å². The highest BCUT2D eigenvalue weighted by Gasteiger charge is 2.38. The molecule has 0 aliphatic carbocycles. The lowest BCUT2D eigenvalue weighted by Gasteiger charge is -2.34. The van der Waals surface area contributed by atoms with Gasteiger partial charge in [0, 0.05) is 59.1 Å². The highest BCUT2D eigenvalue weighted by Crippen LogP contribution is 2.47. The van der Waals surface area contributed by atoms with Crippen LogP contribution in [-0.2, 0) is 39.9 Å². The molecule has 0 fully saturated rings. The topological polar surface area (TPSA) is 193 Å². The molecule has 1 aliphatic heterocycles. The van der Waals surface area contributed by atoms with E-state index in [4.69, 9.17) is 37.9 Å². The summed E-state index contributed by atoms with van der Waals surface area (Å²) in [4.78, 5) is 85.6. The molecule has 0 radical (unpaired) electrons. The normalized spacial score (nSPS) is 14.5. The second-order valence-electron chi connectivity index (χ2n) is 11.5. The average Bonchev–Trinajstić information content (AvgIpc) is 2.98. The number of carbonyl (C=O) groups excluding carboxylic acids is 7. The van der Waals surface area contributed by atoms with Crippen molar-refractivity contribution in [3.8, 4) is 40.2 Å². The molecule has 0 saturated carbocycles. The summed E-state index contributed by atoms with van der Waals surface area (Å²) >= 11 is 0. The predicted octanol–water partition coefficient (Wildman–Crippen LogP) is 4.76. The monoisotopic (exact) mass is 706 g/mol. The van der Waals surface area contributed by atoms with Gasteiger partial charge in [-0.25, -0.2) is 4.79 Å². The summed E-state index contributed by atoms with van der Waals surface area (Å²) in [7, 11) is 0. The van der Waals surface area contributed by atoms with Crippen LogP contribution in [0.2, 0.25) is 0 Å². The van der Waals surface area contributed by atoms with E-state index in [1.54, 1.807) is 19.1 Å². The lowest BCUT2D eigenvalue weighted by molar-refractivity contribution is -0.135. The first kappa shape index (κ1) is 37.6. The predicted molar refractivity (Wildman–Crippen MR) is 173 cm³/mol. The largest absolute Gasteiger partial charge is 0.481 e. The lowest BCUT2D eigenvalue weighted by Crippen LogP contribution is -2.35. The minimum atomic E-state index is -1.22. The summed E-state index contributed by atoms with van der Waals surface area (Å²) in [5.74, 6) is -6.25. The fraction of sp³-hybridized carbons (Fsp3) is 0.306. The van der Waals surface area contributed by atoms with Gasteiger partial charge in [-0.05, 0) is 61.4 Å². The Labute approximate surface area is 291 Å². The highest BCUT2D eigenvalue weighted by molar-refractivity contribution is 5.91. The number of benzene rings is 3. The third kappa shape index (κ3) is 9.47. The number of esters is 7. The molecule has 4 rings (SSSR count). The SMILES string of the molecule is CC(=O)Oc1cc(C)cc2c1C[C@@H](OC(=O)c1cc(C)c(OC(C)=O)c(OC(C)=O)c1)[C@@H](c1cc(OC(C)=O)c(OC(C)=O)c(OC(C)=O)c1)O2. The molecule has 2 atom stereocenters. The van der Waals surface area contributed by atoms with Crippen LogP contribution in [0.5, 0.6) is 40.2 Å². The number of rotatable bonds is 9. The summed E-state index contributed by atoms with van der Waals surface area (Å²) in [6.07, 6.45) is -2.52. The molecule has 0 bridgehead atoms. The van der Waals surface area contributed by atoms with Crippen LogP contribution in [-0.4, -0.2) is 47.9 Å². The van der Waals surface area contributed by atoms with E-state index in [-0.39, 0.29) is 63.4 Å². The van der Waals surface area contributed by atoms with Crippen LogP contribution >= 0.6 is 0 Å². The van der Waals surface area contributed by atoms with Crippen LogP contribution in [0.15, 0.2) is 36.4 Å². The van der Waals surface area contributed by atoms with E-state index in [1.165, 1.54) is 38.1 Å². The fourth-order valence-corrected chi connectivity index (χ4v) is 5.25. The van der Waals surface area contributed by atoms with Gasteiger partial charge < -0.3 is 37.9 Å². The summed E-state index contributed by atoms with van der Waals surface area (Å²) < 4.78 is 44.2. The van der Waals surface area contributed by atoms with Crippen LogP contribution < -0.4 is 33.2 Å². The maximum atomic E-state index is 13.8. The zero-order valence-electron chi connectivity index (χ0n) is 28.9. The molecule has 3 aromatic rings. The number of ether oxygens (including phenoxy) is 8. The third-order valence-corrected chi connectivity index (χ3v) is 6.92. The standard InChI is InChI=1S/C36H34O15/c1-16-9-27(44-18(3)37)26-15-32(51-36(43)25-11-17(2)33(48-22(7)41)29(14-25)45-19(4)38)34(50-28(26)10-16)24-12-30(46-20(5)39)35(49-23(8)42)31(13-24)47-21(6)40/h9-14,32,34H,15H2,1-8H3/t32-,34-/m1/s1. The van der Waals surface area contributed by atoms with E-state index in [0.717, 1.165) is 34.6 Å². The quantitative estimate of drug-likeness (QED) is 0.218. The Hall–Kier alpha value is -6.25. The number of aryl methyl sites for hydroxylation is 2. The molecule has 15 nitrogen and oxygen atoms in total. The van der Waals surface area contributed by atoms with Crippen molar-refractivity contribution in [2.24, 2.45) is 0 Å². The molecule has 3 aromatic carbocycles. The Balaban J connectivity index is 1.90. The van der Waals surface area contributed by atoms with E-state index in [1.807, 2.05) is 0 Å². The zero-order chi connectivity index (χ0) is 37.7. The Kier molecular flexibility index (Phi) is 11.4. The van der Waals surface area contributed by atoms with Crippen LogP contribution in [0.25, 0.3) is 0 Å². The number of hydrogen-bond acceptors (Lipinski definition) is 15. The first-order chi connectivity index (χ1) is 23.9. The lowest BCUT2D eigenvalue weighted by atomic mass is 9.92. The molecule has 0 N–H and O–H groups in total. The summed E-state index contributed by atoms with van der Waals surface area (Å²) in [6, 6.07) is 8.39. The molecule has 0 spiro atoms. The molecule has 0 aromatic heterocycles. The Morgan fingerprint density at radius 3 is 1.55 bits per heavy atom. The van der Waals surface area contributed by atoms with E-state index in [9.17, 15) is 33.6 Å². The maximum Gasteiger partial charge on any atom is 0.338 e. The maximum absolute atomic E-state index is 13.8. The van der Waals surface area contributed by atoms with Gasteiger partial charge in [0.1, 0.15) is 17.6 Å². The molecule has 0 unspecified atom stereocenters. The van der Waals surface area contributed by atoms with Crippen molar-refractivity contribution in [3.63, 3.8) is 0 Å². The van der Waals surface area contributed by atoms with Crippen LogP contribution in [0.4, 0.5) is 0 Å². The Morgan fingerprint density at radius 1 is 0.569 bits per heavy atom.